The predicted molar refractivity (Wildman–Crippen MR) is 134 cm³/mol. The molecule has 0 aromatic rings. The molecule has 0 aliphatic carbocycles. The highest BCUT2D eigenvalue weighted by atomic mass is 79.9. The first-order valence-electron chi connectivity index (χ1n) is 11.3. The van der Waals surface area contributed by atoms with E-state index in [1.54, 1.807) is 6.08 Å². The first-order valence-corrected chi connectivity index (χ1v) is 12.1. The Hall–Kier alpha value is -1.43. The van der Waals surface area contributed by atoms with Crippen LogP contribution in [0, 0.1) is 11.8 Å². The normalized spacial score (nSPS) is 17.5. The number of carbonyl (C=O) groups is 1. The maximum atomic E-state index is 10.4. The smallest absolute Gasteiger partial charge is 0.328 e. The van der Waals surface area contributed by atoms with Gasteiger partial charge in [-0.05, 0) is 68.2 Å². The van der Waals surface area contributed by atoms with Gasteiger partial charge in [0.05, 0.1) is 12.2 Å². The van der Waals surface area contributed by atoms with E-state index in [1.807, 2.05) is 32.1 Å². The van der Waals surface area contributed by atoms with Gasteiger partial charge in [-0.2, -0.15) is 0 Å². The lowest BCUT2D eigenvalue weighted by Gasteiger charge is -2.16. The van der Waals surface area contributed by atoms with Crippen LogP contribution < -0.4 is 0 Å². The van der Waals surface area contributed by atoms with Crippen LogP contribution in [-0.2, 0) is 4.79 Å². The molecule has 0 amide bonds. The molecular formula is C26H41BrO4. The van der Waals surface area contributed by atoms with Crippen LogP contribution in [0.4, 0.5) is 0 Å². The Labute approximate surface area is 197 Å². The summed E-state index contributed by atoms with van der Waals surface area (Å²) < 4.78 is 1.16. The van der Waals surface area contributed by atoms with Gasteiger partial charge in [-0.25, -0.2) is 4.79 Å². The molecule has 0 fully saturated rings. The summed E-state index contributed by atoms with van der Waals surface area (Å²) in [5.41, 5.74) is 1.10. The van der Waals surface area contributed by atoms with Crippen molar-refractivity contribution in [2.45, 2.75) is 84.8 Å². The number of rotatable bonds is 16. The Bertz CT molecular complexity index is 646. The van der Waals surface area contributed by atoms with E-state index in [4.69, 9.17) is 5.11 Å². The van der Waals surface area contributed by atoms with Crippen LogP contribution in [0.25, 0.3) is 0 Å². The monoisotopic (exact) mass is 496 g/mol. The van der Waals surface area contributed by atoms with Gasteiger partial charge in [-0.15, -0.1) is 0 Å². The summed E-state index contributed by atoms with van der Waals surface area (Å²) in [6, 6.07) is 0. The second-order valence-electron chi connectivity index (χ2n) is 8.24. The first kappa shape index (κ1) is 29.6. The highest BCUT2D eigenvalue weighted by molar-refractivity contribution is 9.11. The summed E-state index contributed by atoms with van der Waals surface area (Å²) >= 11 is 3.69. The summed E-state index contributed by atoms with van der Waals surface area (Å²) in [5, 5.41) is 28.6. The largest absolute Gasteiger partial charge is 0.478 e. The van der Waals surface area contributed by atoms with Gasteiger partial charge < -0.3 is 15.3 Å². The number of allylic oxidation sites excluding steroid dienone is 8. The Morgan fingerprint density at radius 1 is 1.03 bits per heavy atom. The molecule has 0 rings (SSSR count). The number of hydrogen-bond acceptors (Lipinski definition) is 3. The molecule has 0 bridgehead atoms. The molecule has 0 saturated carbocycles. The predicted octanol–water partition coefficient (Wildman–Crippen LogP) is 6.71. The summed E-state index contributed by atoms with van der Waals surface area (Å²) in [7, 11) is 0. The summed E-state index contributed by atoms with van der Waals surface area (Å²) in [5.74, 6) is -0.229. The van der Waals surface area contributed by atoms with Crippen LogP contribution in [0.15, 0.2) is 58.7 Å². The average Bonchev–Trinajstić information content (AvgIpc) is 2.71. The van der Waals surface area contributed by atoms with Crippen molar-refractivity contribution in [2.24, 2.45) is 11.8 Å². The molecule has 0 spiro atoms. The van der Waals surface area contributed by atoms with Crippen molar-refractivity contribution in [3.8, 4) is 0 Å². The Morgan fingerprint density at radius 3 is 2.35 bits per heavy atom. The lowest BCUT2D eigenvalue weighted by Crippen LogP contribution is -2.11. The molecule has 0 saturated heterocycles. The SMILES string of the molecule is CC/C=C/[C@@H](O)CCCC(O)CC[C@H](C)/C(Br)=C/CC(C)/C=C(C)/C=C/C=C/C(=O)O. The van der Waals surface area contributed by atoms with Crippen LogP contribution in [-0.4, -0.2) is 33.5 Å². The van der Waals surface area contributed by atoms with Crippen molar-refractivity contribution < 1.29 is 20.1 Å². The van der Waals surface area contributed by atoms with Crippen LogP contribution >= 0.6 is 15.9 Å². The van der Waals surface area contributed by atoms with Gasteiger partial charge in [-0.3, -0.25) is 0 Å². The molecule has 3 N–H and O–H groups in total. The molecular weight excluding hydrogens is 456 g/mol. The molecule has 4 atom stereocenters. The van der Waals surface area contributed by atoms with Crippen LogP contribution in [0.5, 0.6) is 0 Å². The van der Waals surface area contributed by atoms with Gasteiger partial charge in [0.25, 0.3) is 0 Å². The van der Waals surface area contributed by atoms with Gasteiger partial charge in [0, 0.05) is 6.08 Å². The number of halogens is 1. The van der Waals surface area contributed by atoms with Crippen LogP contribution in [0.1, 0.15) is 72.6 Å². The topological polar surface area (TPSA) is 77.8 Å². The molecule has 5 heteroatoms. The fourth-order valence-corrected chi connectivity index (χ4v) is 3.51. The molecule has 0 aliphatic heterocycles. The first-order chi connectivity index (χ1) is 14.6. The second-order valence-corrected chi connectivity index (χ2v) is 9.15. The Morgan fingerprint density at radius 2 is 1.71 bits per heavy atom. The maximum Gasteiger partial charge on any atom is 0.328 e. The van der Waals surface area contributed by atoms with Crippen molar-refractivity contribution in [2.75, 3.05) is 0 Å². The van der Waals surface area contributed by atoms with E-state index in [2.05, 4.69) is 41.9 Å². The quantitative estimate of drug-likeness (QED) is 0.126. The lowest BCUT2D eigenvalue weighted by atomic mass is 9.97. The van der Waals surface area contributed by atoms with Crippen LogP contribution in [0.3, 0.4) is 0 Å². The van der Waals surface area contributed by atoms with Gasteiger partial charge in [0.1, 0.15) is 0 Å². The van der Waals surface area contributed by atoms with Crippen LogP contribution in [0.2, 0.25) is 0 Å². The molecule has 0 radical (unpaired) electrons. The minimum Gasteiger partial charge on any atom is -0.478 e. The van der Waals surface area contributed by atoms with Crippen molar-refractivity contribution in [1.82, 2.24) is 0 Å². The molecule has 0 aromatic heterocycles. The van der Waals surface area contributed by atoms with E-state index in [9.17, 15) is 15.0 Å². The van der Waals surface area contributed by atoms with E-state index in [0.29, 0.717) is 18.3 Å². The standard InChI is InChI=1S/C26H41BrO4/c1-5-6-11-23(28)12-9-13-24(29)17-16-22(4)25(27)18-15-21(3)19-20(2)10-7-8-14-26(30)31/h6-8,10-11,14,18-19,21-24,28-29H,5,9,12-13,15-17H2,1-4H3,(H,30,31)/b10-7+,11-6+,14-8+,20-19+,25-18-/t21?,22-,23+,24?/m0/s1. The summed E-state index contributed by atoms with van der Waals surface area (Å²) in [6.07, 6.45) is 19.5. The highest BCUT2D eigenvalue weighted by Gasteiger charge is 2.11. The zero-order chi connectivity index (χ0) is 23.6. The van der Waals surface area contributed by atoms with E-state index in [-0.39, 0.29) is 6.10 Å². The number of carboxylic acid groups (broad SMARTS) is 1. The fourth-order valence-electron chi connectivity index (χ4n) is 3.09. The van der Waals surface area contributed by atoms with Gasteiger partial charge >= 0.3 is 5.97 Å². The third kappa shape index (κ3) is 17.9. The van der Waals surface area contributed by atoms with Crippen molar-refractivity contribution >= 4 is 21.9 Å². The molecule has 4 nitrogen and oxygen atoms in total. The molecule has 31 heavy (non-hydrogen) atoms. The zero-order valence-electron chi connectivity index (χ0n) is 19.5. The molecule has 0 aliphatic rings. The number of carboxylic acids is 1. The third-order valence-electron chi connectivity index (χ3n) is 4.98. The number of aliphatic hydroxyl groups excluding tert-OH is 2. The van der Waals surface area contributed by atoms with E-state index < -0.39 is 12.1 Å². The molecule has 0 heterocycles. The Balaban J connectivity index is 4.30. The van der Waals surface area contributed by atoms with Crippen molar-refractivity contribution in [3.05, 3.63) is 58.7 Å². The average molecular weight is 498 g/mol. The van der Waals surface area contributed by atoms with E-state index in [0.717, 1.165) is 54.7 Å². The zero-order valence-corrected chi connectivity index (χ0v) is 21.1. The van der Waals surface area contributed by atoms with E-state index in [1.165, 1.54) is 6.08 Å². The summed E-state index contributed by atoms with van der Waals surface area (Å²) in [6.45, 7) is 8.36. The van der Waals surface area contributed by atoms with Gasteiger partial charge in [-0.1, -0.05) is 84.8 Å². The minimum atomic E-state index is -0.949. The maximum absolute atomic E-state index is 10.4. The Kier molecular flexibility index (Phi) is 17.3. The molecule has 176 valence electrons. The second kappa shape index (κ2) is 18.2. The number of hydrogen-bond donors (Lipinski definition) is 3. The van der Waals surface area contributed by atoms with Crippen molar-refractivity contribution in [3.63, 3.8) is 0 Å². The summed E-state index contributed by atoms with van der Waals surface area (Å²) in [4.78, 5) is 10.4. The highest BCUT2D eigenvalue weighted by Crippen LogP contribution is 2.25. The molecule has 0 aromatic carbocycles. The fraction of sp³-hybridized carbons (Fsp3) is 0.577. The number of aliphatic hydroxyl groups is 2. The van der Waals surface area contributed by atoms with Crippen molar-refractivity contribution in [1.29, 1.82) is 0 Å². The van der Waals surface area contributed by atoms with Gasteiger partial charge in [0.2, 0.25) is 0 Å². The minimum absolute atomic E-state index is 0.323. The third-order valence-corrected chi connectivity index (χ3v) is 6.08. The van der Waals surface area contributed by atoms with E-state index >= 15 is 0 Å². The van der Waals surface area contributed by atoms with Gasteiger partial charge in [0.15, 0.2) is 0 Å². The lowest BCUT2D eigenvalue weighted by molar-refractivity contribution is -0.131. The molecule has 2 unspecified atom stereocenters. The number of aliphatic carboxylic acids is 1.